The van der Waals surface area contributed by atoms with Gasteiger partial charge in [0.05, 0.1) is 31.5 Å². The van der Waals surface area contributed by atoms with Crippen molar-refractivity contribution in [3.63, 3.8) is 0 Å². The average molecular weight is 377 g/mol. The molecular formula is C20H25ClN2O3. The molecule has 0 radical (unpaired) electrons. The van der Waals surface area contributed by atoms with E-state index in [1.165, 1.54) is 19.8 Å². The van der Waals surface area contributed by atoms with Crippen LogP contribution >= 0.6 is 11.6 Å². The minimum absolute atomic E-state index is 0.114. The Balaban J connectivity index is 2.08. The van der Waals surface area contributed by atoms with Crippen LogP contribution in [0.3, 0.4) is 0 Å². The first kappa shape index (κ1) is 20.1. The van der Waals surface area contributed by atoms with E-state index >= 15 is 0 Å². The van der Waals surface area contributed by atoms with E-state index in [1.807, 2.05) is 18.2 Å². The van der Waals surface area contributed by atoms with Crippen molar-refractivity contribution in [3.05, 3.63) is 53.1 Å². The lowest BCUT2D eigenvalue weighted by Gasteiger charge is -2.21. The molecule has 0 saturated carbocycles. The van der Waals surface area contributed by atoms with E-state index in [2.05, 4.69) is 29.3 Å². The molecule has 0 bridgehead atoms. The summed E-state index contributed by atoms with van der Waals surface area (Å²) in [4.78, 5) is 14.7. The summed E-state index contributed by atoms with van der Waals surface area (Å²) < 4.78 is 10.5. The van der Waals surface area contributed by atoms with Crippen molar-refractivity contribution < 1.29 is 14.3 Å². The normalized spacial score (nSPS) is 10.7. The minimum atomic E-state index is -0.114. The standard InChI is InChI=1S/C20H25ClN2O3/c1-4-10-23(13-15-8-6-5-7-9-15)14-20(24)22-17-12-18(25-2)16(21)11-19(17)26-3/h5-9,11-12H,4,10,13-14H2,1-3H3,(H,22,24). The van der Waals surface area contributed by atoms with Gasteiger partial charge >= 0.3 is 0 Å². The van der Waals surface area contributed by atoms with Crippen LogP contribution in [0.15, 0.2) is 42.5 Å². The largest absolute Gasteiger partial charge is 0.495 e. The highest BCUT2D eigenvalue weighted by Gasteiger charge is 2.15. The smallest absolute Gasteiger partial charge is 0.238 e. The van der Waals surface area contributed by atoms with Crippen molar-refractivity contribution in [1.82, 2.24) is 4.90 Å². The number of nitrogens with one attached hydrogen (secondary N) is 1. The molecule has 0 aliphatic heterocycles. The second kappa shape index (κ2) is 10.0. The molecule has 26 heavy (non-hydrogen) atoms. The number of halogens is 1. The summed E-state index contributed by atoms with van der Waals surface area (Å²) in [6, 6.07) is 13.4. The number of amides is 1. The van der Waals surface area contributed by atoms with Gasteiger partial charge in [-0.05, 0) is 18.5 Å². The van der Waals surface area contributed by atoms with Crippen LogP contribution < -0.4 is 14.8 Å². The third kappa shape index (κ3) is 5.64. The third-order valence-electron chi connectivity index (χ3n) is 3.90. The Kier molecular flexibility index (Phi) is 7.75. The first-order chi connectivity index (χ1) is 12.6. The van der Waals surface area contributed by atoms with Gasteiger partial charge in [0.2, 0.25) is 5.91 Å². The van der Waals surface area contributed by atoms with Gasteiger partial charge in [0.1, 0.15) is 11.5 Å². The lowest BCUT2D eigenvalue weighted by atomic mass is 10.2. The van der Waals surface area contributed by atoms with Crippen molar-refractivity contribution in [3.8, 4) is 11.5 Å². The zero-order chi connectivity index (χ0) is 18.9. The molecule has 0 heterocycles. The van der Waals surface area contributed by atoms with Crippen LogP contribution in [0.2, 0.25) is 5.02 Å². The fourth-order valence-electron chi connectivity index (χ4n) is 2.72. The number of carbonyl (C=O) groups is 1. The van der Waals surface area contributed by atoms with Crippen LogP contribution in [0.5, 0.6) is 11.5 Å². The van der Waals surface area contributed by atoms with E-state index in [-0.39, 0.29) is 12.5 Å². The summed E-state index contributed by atoms with van der Waals surface area (Å²) in [7, 11) is 3.06. The minimum Gasteiger partial charge on any atom is -0.495 e. The molecule has 0 aromatic heterocycles. The van der Waals surface area contributed by atoms with Crippen LogP contribution in [0.4, 0.5) is 5.69 Å². The van der Waals surface area contributed by atoms with Crippen LogP contribution in [0.1, 0.15) is 18.9 Å². The quantitative estimate of drug-likeness (QED) is 0.712. The predicted octanol–water partition coefficient (Wildman–Crippen LogP) is 4.21. The van der Waals surface area contributed by atoms with Crippen LogP contribution in [0.25, 0.3) is 0 Å². The van der Waals surface area contributed by atoms with Crippen LogP contribution in [0, 0.1) is 0 Å². The fourth-order valence-corrected chi connectivity index (χ4v) is 2.95. The molecular weight excluding hydrogens is 352 g/mol. The summed E-state index contributed by atoms with van der Waals surface area (Å²) in [6.07, 6.45) is 0.970. The fraction of sp³-hybridized carbons (Fsp3) is 0.350. The Morgan fingerprint density at radius 3 is 2.42 bits per heavy atom. The number of ether oxygens (including phenoxy) is 2. The highest BCUT2D eigenvalue weighted by atomic mass is 35.5. The zero-order valence-electron chi connectivity index (χ0n) is 15.4. The molecule has 140 valence electrons. The van der Waals surface area contributed by atoms with Gasteiger partial charge in [-0.1, -0.05) is 48.9 Å². The number of hydrogen-bond acceptors (Lipinski definition) is 4. The molecule has 2 aromatic carbocycles. The van der Waals surface area contributed by atoms with Gasteiger partial charge in [-0.15, -0.1) is 0 Å². The summed E-state index contributed by atoms with van der Waals surface area (Å²) >= 11 is 6.11. The van der Waals surface area contributed by atoms with Gasteiger partial charge in [-0.3, -0.25) is 9.69 Å². The molecule has 0 saturated heterocycles. The predicted molar refractivity (Wildman–Crippen MR) is 105 cm³/mol. The van der Waals surface area contributed by atoms with Crippen LogP contribution in [-0.2, 0) is 11.3 Å². The Morgan fingerprint density at radius 1 is 1.12 bits per heavy atom. The van der Waals surface area contributed by atoms with Gasteiger partial charge < -0.3 is 14.8 Å². The molecule has 0 aliphatic rings. The summed E-state index contributed by atoms with van der Waals surface area (Å²) in [5.74, 6) is 0.865. The van der Waals surface area contributed by atoms with Crippen molar-refractivity contribution >= 4 is 23.2 Å². The molecule has 0 fully saturated rings. The first-order valence-corrected chi connectivity index (χ1v) is 8.92. The molecule has 0 unspecified atom stereocenters. The molecule has 6 heteroatoms. The van der Waals surface area contributed by atoms with Crippen molar-refractivity contribution in [2.24, 2.45) is 0 Å². The lowest BCUT2D eigenvalue weighted by Crippen LogP contribution is -2.33. The molecule has 0 spiro atoms. The number of methoxy groups -OCH3 is 2. The van der Waals surface area contributed by atoms with E-state index in [0.29, 0.717) is 22.2 Å². The molecule has 2 aromatic rings. The molecule has 5 nitrogen and oxygen atoms in total. The number of anilines is 1. The van der Waals surface area contributed by atoms with Gasteiger partial charge in [0, 0.05) is 18.7 Å². The topological polar surface area (TPSA) is 50.8 Å². The van der Waals surface area contributed by atoms with Crippen LogP contribution in [-0.4, -0.2) is 38.1 Å². The van der Waals surface area contributed by atoms with Crippen molar-refractivity contribution in [2.75, 3.05) is 32.6 Å². The number of nitrogens with zero attached hydrogens (tertiary/aromatic N) is 1. The summed E-state index contributed by atoms with van der Waals surface area (Å²) in [6.45, 7) is 3.95. The third-order valence-corrected chi connectivity index (χ3v) is 4.20. The van der Waals surface area contributed by atoms with Gasteiger partial charge in [-0.25, -0.2) is 0 Å². The van der Waals surface area contributed by atoms with Crippen molar-refractivity contribution in [2.45, 2.75) is 19.9 Å². The maximum Gasteiger partial charge on any atom is 0.238 e. The van der Waals surface area contributed by atoms with E-state index in [9.17, 15) is 4.79 Å². The zero-order valence-corrected chi connectivity index (χ0v) is 16.2. The second-order valence-electron chi connectivity index (χ2n) is 5.93. The van der Waals surface area contributed by atoms with E-state index in [4.69, 9.17) is 21.1 Å². The van der Waals surface area contributed by atoms with Crippen molar-refractivity contribution in [1.29, 1.82) is 0 Å². The number of rotatable bonds is 9. The number of hydrogen-bond donors (Lipinski definition) is 1. The SMILES string of the molecule is CCCN(CC(=O)Nc1cc(OC)c(Cl)cc1OC)Cc1ccccc1. The number of benzene rings is 2. The first-order valence-electron chi connectivity index (χ1n) is 8.55. The molecule has 0 atom stereocenters. The average Bonchev–Trinajstić information content (AvgIpc) is 2.63. The molecule has 2 rings (SSSR count). The highest BCUT2D eigenvalue weighted by Crippen LogP contribution is 2.35. The Bertz CT molecular complexity index is 722. The Morgan fingerprint density at radius 2 is 1.81 bits per heavy atom. The summed E-state index contributed by atoms with van der Waals surface area (Å²) in [5, 5.41) is 3.32. The summed E-state index contributed by atoms with van der Waals surface area (Å²) in [5.41, 5.74) is 1.72. The van der Waals surface area contributed by atoms with Gasteiger partial charge in [-0.2, -0.15) is 0 Å². The maximum absolute atomic E-state index is 12.6. The van der Waals surface area contributed by atoms with Gasteiger partial charge in [0.25, 0.3) is 0 Å². The Labute approximate surface area is 159 Å². The highest BCUT2D eigenvalue weighted by molar-refractivity contribution is 6.32. The maximum atomic E-state index is 12.6. The second-order valence-corrected chi connectivity index (χ2v) is 6.34. The van der Waals surface area contributed by atoms with Gasteiger partial charge in [0.15, 0.2) is 0 Å². The van der Waals surface area contributed by atoms with E-state index in [1.54, 1.807) is 12.1 Å². The monoisotopic (exact) mass is 376 g/mol. The molecule has 1 N–H and O–H groups in total. The molecule has 1 amide bonds. The number of carbonyl (C=O) groups excluding carboxylic acids is 1. The Hall–Kier alpha value is -2.24. The van der Waals surface area contributed by atoms with E-state index in [0.717, 1.165) is 19.5 Å². The lowest BCUT2D eigenvalue weighted by molar-refractivity contribution is -0.117. The van der Waals surface area contributed by atoms with E-state index < -0.39 is 0 Å². The molecule has 0 aliphatic carbocycles.